The monoisotopic (exact) mass is 431 g/mol. The Labute approximate surface area is 193 Å². The van der Waals surface area contributed by atoms with Crippen LogP contribution in [-0.2, 0) is 17.8 Å². The molecule has 4 nitrogen and oxygen atoms in total. The average molecular weight is 432 g/mol. The molecule has 32 heavy (non-hydrogen) atoms. The normalized spacial score (nSPS) is 20.5. The number of hydrogen-bond donors (Lipinski definition) is 0. The fraction of sp³-hybridized carbons (Fsp3) is 0.536. The number of amides is 1. The van der Waals surface area contributed by atoms with E-state index < -0.39 is 0 Å². The van der Waals surface area contributed by atoms with Crippen molar-refractivity contribution in [2.24, 2.45) is 0 Å². The van der Waals surface area contributed by atoms with Crippen LogP contribution in [0.4, 0.5) is 0 Å². The van der Waals surface area contributed by atoms with Crippen molar-refractivity contribution in [3.05, 3.63) is 58.7 Å². The second-order valence-electron chi connectivity index (χ2n) is 10.2. The Morgan fingerprint density at radius 1 is 0.844 bits per heavy atom. The molecule has 0 spiro atoms. The number of piperazine rings is 1. The number of hydrogen-bond acceptors (Lipinski definition) is 3. The molecular weight excluding hydrogens is 394 g/mol. The van der Waals surface area contributed by atoms with Gasteiger partial charge in [0.15, 0.2) is 0 Å². The molecule has 3 aliphatic rings. The van der Waals surface area contributed by atoms with E-state index >= 15 is 0 Å². The molecular formula is C28H37N3O. The van der Waals surface area contributed by atoms with Gasteiger partial charge >= 0.3 is 0 Å². The Bertz CT molecular complexity index is 950. The number of benzene rings is 2. The highest BCUT2D eigenvalue weighted by Crippen LogP contribution is 2.28. The number of carbonyl (C=O) groups is 1. The summed E-state index contributed by atoms with van der Waals surface area (Å²) in [6.45, 7) is 10.7. The third-order valence-corrected chi connectivity index (χ3v) is 7.72. The molecule has 170 valence electrons. The van der Waals surface area contributed by atoms with Gasteiger partial charge in [-0.2, -0.15) is 0 Å². The second kappa shape index (κ2) is 9.36. The van der Waals surface area contributed by atoms with Gasteiger partial charge in [0.1, 0.15) is 0 Å². The van der Waals surface area contributed by atoms with Crippen LogP contribution in [0.3, 0.4) is 0 Å². The molecule has 1 saturated carbocycles. The van der Waals surface area contributed by atoms with E-state index in [1.807, 2.05) is 0 Å². The number of rotatable bonds is 4. The maximum Gasteiger partial charge on any atom is 0.236 e. The second-order valence-corrected chi connectivity index (χ2v) is 10.2. The van der Waals surface area contributed by atoms with Gasteiger partial charge in [-0.3, -0.25) is 14.6 Å². The predicted molar refractivity (Wildman–Crippen MR) is 131 cm³/mol. The largest absolute Gasteiger partial charge is 0.339 e. The quantitative estimate of drug-likeness (QED) is 0.717. The van der Waals surface area contributed by atoms with E-state index in [-0.39, 0.29) is 0 Å². The van der Waals surface area contributed by atoms with Crippen LogP contribution >= 0.6 is 0 Å². The van der Waals surface area contributed by atoms with E-state index in [0.29, 0.717) is 12.5 Å². The van der Waals surface area contributed by atoms with Crippen LogP contribution in [0.1, 0.15) is 47.9 Å². The SMILES string of the molecule is Cc1cc(C)cc(-c2ccc3c(c2)CCN(CC(=O)N2CCN(C4CCCC4)CC2)C3)c1. The highest BCUT2D eigenvalue weighted by Gasteiger charge is 2.29. The lowest BCUT2D eigenvalue weighted by molar-refractivity contribution is -0.134. The van der Waals surface area contributed by atoms with E-state index in [0.717, 1.165) is 51.7 Å². The molecule has 0 bridgehead atoms. The zero-order chi connectivity index (χ0) is 22.1. The molecule has 0 radical (unpaired) electrons. The Balaban J connectivity index is 1.17. The maximum absolute atomic E-state index is 13.0. The van der Waals surface area contributed by atoms with Gasteiger partial charge in [-0.25, -0.2) is 0 Å². The third kappa shape index (κ3) is 4.77. The minimum absolute atomic E-state index is 0.311. The summed E-state index contributed by atoms with van der Waals surface area (Å²) in [6, 6.07) is 14.4. The van der Waals surface area contributed by atoms with Crippen molar-refractivity contribution in [2.75, 3.05) is 39.3 Å². The highest BCUT2D eigenvalue weighted by molar-refractivity contribution is 5.78. The molecule has 0 unspecified atom stereocenters. The van der Waals surface area contributed by atoms with Crippen molar-refractivity contribution >= 4 is 5.91 Å². The van der Waals surface area contributed by atoms with Crippen LogP contribution in [0.15, 0.2) is 36.4 Å². The predicted octanol–water partition coefficient (Wildman–Crippen LogP) is 4.42. The van der Waals surface area contributed by atoms with Gasteiger partial charge in [0, 0.05) is 45.3 Å². The molecule has 2 aromatic carbocycles. The first-order chi connectivity index (χ1) is 15.5. The summed E-state index contributed by atoms with van der Waals surface area (Å²) >= 11 is 0. The van der Waals surface area contributed by atoms with E-state index in [2.05, 4.69) is 64.9 Å². The summed E-state index contributed by atoms with van der Waals surface area (Å²) in [4.78, 5) is 20.0. The number of aryl methyl sites for hydroxylation is 2. The Kier molecular flexibility index (Phi) is 6.34. The zero-order valence-corrected chi connectivity index (χ0v) is 19.8. The summed E-state index contributed by atoms with van der Waals surface area (Å²) in [6.07, 6.45) is 6.49. The Morgan fingerprint density at radius 3 is 2.28 bits per heavy atom. The standard InChI is InChI=1S/C28H37N3O/c1-21-15-22(2)17-26(16-21)23-7-8-25-19-29(10-9-24(25)18-23)20-28(32)31-13-11-30(12-14-31)27-5-3-4-6-27/h7-8,15-18,27H,3-6,9-14,19-20H2,1-2H3. The number of nitrogens with zero attached hydrogens (tertiary/aromatic N) is 3. The molecule has 2 aromatic rings. The Morgan fingerprint density at radius 2 is 1.56 bits per heavy atom. The molecule has 1 aliphatic carbocycles. The van der Waals surface area contributed by atoms with E-state index in [4.69, 9.17) is 0 Å². The molecule has 2 fully saturated rings. The third-order valence-electron chi connectivity index (χ3n) is 7.72. The molecule has 2 heterocycles. The van der Waals surface area contributed by atoms with Gasteiger partial charge < -0.3 is 4.90 Å². The van der Waals surface area contributed by atoms with Crippen LogP contribution in [0.5, 0.6) is 0 Å². The van der Waals surface area contributed by atoms with Gasteiger partial charge in [0.05, 0.1) is 6.54 Å². The van der Waals surface area contributed by atoms with Gasteiger partial charge in [-0.1, -0.05) is 60.4 Å². The average Bonchev–Trinajstić information content (AvgIpc) is 3.33. The molecule has 2 aliphatic heterocycles. The molecule has 1 amide bonds. The summed E-state index contributed by atoms with van der Waals surface area (Å²) in [5.41, 5.74) is 8.05. The van der Waals surface area contributed by atoms with Crippen LogP contribution in [0.2, 0.25) is 0 Å². The zero-order valence-electron chi connectivity index (χ0n) is 19.8. The minimum atomic E-state index is 0.311. The Hall–Kier alpha value is -2.17. The van der Waals surface area contributed by atoms with E-state index in [9.17, 15) is 4.79 Å². The van der Waals surface area contributed by atoms with E-state index in [1.165, 1.54) is 59.1 Å². The van der Waals surface area contributed by atoms with Crippen molar-refractivity contribution in [3.63, 3.8) is 0 Å². The van der Waals surface area contributed by atoms with Crippen molar-refractivity contribution in [1.82, 2.24) is 14.7 Å². The van der Waals surface area contributed by atoms with Crippen molar-refractivity contribution in [2.45, 2.75) is 58.5 Å². The molecule has 1 saturated heterocycles. The molecule has 0 atom stereocenters. The first-order valence-electron chi connectivity index (χ1n) is 12.5. The summed E-state index contributed by atoms with van der Waals surface area (Å²) < 4.78 is 0. The number of fused-ring (bicyclic) bond motifs is 1. The lowest BCUT2D eigenvalue weighted by atomic mass is 9.93. The van der Waals surface area contributed by atoms with Gasteiger partial charge in [0.2, 0.25) is 5.91 Å². The van der Waals surface area contributed by atoms with Crippen LogP contribution in [0, 0.1) is 13.8 Å². The molecule has 0 N–H and O–H groups in total. The van der Waals surface area contributed by atoms with Gasteiger partial charge in [-0.05, 0) is 55.4 Å². The summed E-state index contributed by atoms with van der Waals surface area (Å²) in [5.74, 6) is 0.311. The highest BCUT2D eigenvalue weighted by atomic mass is 16.2. The van der Waals surface area contributed by atoms with Crippen LogP contribution in [-0.4, -0.2) is 65.9 Å². The van der Waals surface area contributed by atoms with Gasteiger partial charge in [-0.15, -0.1) is 0 Å². The lowest BCUT2D eigenvalue weighted by Crippen LogP contribution is -2.53. The van der Waals surface area contributed by atoms with Crippen molar-refractivity contribution in [3.8, 4) is 11.1 Å². The van der Waals surface area contributed by atoms with E-state index in [1.54, 1.807) is 0 Å². The molecule has 5 rings (SSSR count). The van der Waals surface area contributed by atoms with Crippen LogP contribution < -0.4 is 0 Å². The first kappa shape index (κ1) is 21.7. The minimum Gasteiger partial charge on any atom is -0.339 e. The molecule has 0 aromatic heterocycles. The van der Waals surface area contributed by atoms with Crippen molar-refractivity contribution in [1.29, 1.82) is 0 Å². The topological polar surface area (TPSA) is 26.8 Å². The van der Waals surface area contributed by atoms with Crippen molar-refractivity contribution < 1.29 is 4.79 Å². The number of carbonyl (C=O) groups excluding carboxylic acids is 1. The fourth-order valence-electron chi connectivity index (χ4n) is 5.96. The lowest BCUT2D eigenvalue weighted by Gasteiger charge is -2.39. The van der Waals surface area contributed by atoms with Crippen LogP contribution in [0.25, 0.3) is 11.1 Å². The van der Waals surface area contributed by atoms with Gasteiger partial charge in [0.25, 0.3) is 0 Å². The maximum atomic E-state index is 13.0. The fourth-order valence-corrected chi connectivity index (χ4v) is 5.96. The summed E-state index contributed by atoms with van der Waals surface area (Å²) in [5, 5.41) is 0. The molecule has 4 heteroatoms. The smallest absolute Gasteiger partial charge is 0.236 e. The first-order valence-corrected chi connectivity index (χ1v) is 12.5. The summed E-state index contributed by atoms with van der Waals surface area (Å²) in [7, 11) is 0.